The average Bonchev–Trinajstić information content (AvgIpc) is 2.93. The SMILES string of the molecule is C[C@@H]1CCC[C@H](OCC(=O)N(C)[C@H]2CCC[C@@H]2S(C)(=O)=O)C1. The van der Waals surface area contributed by atoms with E-state index in [1.165, 1.54) is 12.7 Å². The fraction of sp³-hybridized carbons (Fsp3) is 0.938. The van der Waals surface area contributed by atoms with Crippen LogP contribution in [0.5, 0.6) is 0 Å². The Labute approximate surface area is 134 Å². The number of amides is 1. The Bertz CT molecular complexity index is 490. The van der Waals surface area contributed by atoms with Gasteiger partial charge in [0.15, 0.2) is 9.84 Å². The van der Waals surface area contributed by atoms with Gasteiger partial charge in [0, 0.05) is 19.3 Å². The number of hydrogen-bond acceptors (Lipinski definition) is 4. The molecule has 0 aromatic rings. The molecule has 0 spiro atoms. The summed E-state index contributed by atoms with van der Waals surface area (Å²) >= 11 is 0. The molecule has 0 unspecified atom stereocenters. The highest BCUT2D eigenvalue weighted by molar-refractivity contribution is 7.91. The van der Waals surface area contributed by atoms with E-state index in [1.54, 1.807) is 11.9 Å². The lowest BCUT2D eigenvalue weighted by molar-refractivity contribution is -0.139. The van der Waals surface area contributed by atoms with E-state index in [0.717, 1.165) is 32.1 Å². The molecule has 0 aromatic heterocycles. The van der Waals surface area contributed by atoms with Crippen molar-refractivity contribution >= 4 is 15.7 Å². The molecule has 5 nitrogen and oxygen atoms in total. The second-order valence-electron chi connectivity index (χ2n) is 7.08. The molecular formula is C16H29NO4S. The van der Waals surface area contributed by atoms with Crippen molar-refractivity contribution in [1.29, 1.82) is 0 Å². The van der Waals surface area contributed by atoms with Crippen molar-refractivity contribution in [1.82, 2.24) is 4.90 Å². The van der Waals surface area contributed by atoms with Crippen molar-refractivity contribution in [2.24, 2.45) is 5.92 Å². The zero-order chi connectivity index (χ0) is 16.3. The molecule has 2 aliphatic rings. The van der Waals surface area contributed by atoms with Crippen LogP contribution in [0.1, 0.15) is 51.9 Å². The maximum Gasteiger partial charge on any atom is 0.248 e. The van der Waals surface area contributed by atoms with Crippen molar-refractivity contribution in [3.8, 4) is 0 Å². The summed E-state index contributed by atoms with van der Waals surface area (Å²) < 4.78 is 29.5. The van der Waals surface area contributed by atoms with Gasteiger partial charge in [-0.1, -0.05) is 19.8 Å². The molecule has 2 saturated carbocycles. The largest absolute Gasteiger partial charge is 0.368 e. The topological polar surface area (TPSA) is 63.7 Å². The molecule has 2 rings (SSSR count). The van der Waals surface area contributed by atoms with Crippen molar-refractivity contribution < 1.29 is 17.9 Å². The summed E-state index contributed by atoms with van der Waals surface area (Å²) in [7, 11) is -1.40. The zero-order valence-corrected chi connectivity index (χ0v) is 14.8. The van der Waals surface area contributed by atoms with Crippen molar-refractivity contribution in [3.05, 3.63) is 0 Å². The number of hydrogen-bond donors (Lipinski definition) is 0. The van der Waals surface area contributed by atoms with Crippen molar-refractivity contribution in [3.63, 3.8) is 0 Å². The van der Waals surface area contributed by atoms with E-state index >= 15 is 0 Å². The number of sulfone groups is 1. The van der Waals surface area contributed by atoms with Crippen LogP contribution in [0.15, 0.2) is 0 Å². The van der Waals surface area contributed by atoms with E-state index in [1.807, 2.05) is 0 Å². The number of rotatable bonds is 5. The summed E-state index contributed by atoms with van der Waals surface area (Å²) in [6.07, 6.45) is 8.18. The Balaban J connectivity index is 1.86. The quantitative estimate of drug-likeness (QED) is 0.773. The smallest absolute Gasteiger partial charge is 0.248 e. The van der Waals surface area contributed by atoms with Crippen molar-refractivity contribution in [2.75, 3.05) is 19.9 Å². The first-order valence-corrected chi connectivity index (χ1v) is 10.3. The highest BCUT2D eigenvalue weighted by Crippen LogP contribution is 2.29. The van der Waals surface area contributed by atoms with Gasteiger partial charge < -0.3 is 9.64 Å². The zero-order valence-electron chi connectivity index (χ0n) is 14.0. The Kier molecular flexibility index (Phi) is 5.88. The monoisotopic (exact) mass is 331 g/mol. The molecule has 0 bridgehead atoms. The van der Waals surface area contributed by atoms with Gasteiger partial charge in [-0.05, 0) is 38.0 Å². The Morgan fingerprint density at radius 2 is 1.86 bits per heavy atom. The van der Waals surface area contributed by atoms with E-state index in [-0.39, 0.29) is 24.7 Å². The van der Waals surface area contributed by atoms with Crippen LogP contribution in [0.3, 0.4) is 0 Å². The molecule has 0 heterocycles. The summed E-state index contributed by atoms with van der Waals surface area (Å²) in [5.41, 5.74) is 0. The summed E-state index contributed by atoms with van der Waals surface area (Å²) in [5, 5.41) is -0.420. The maximum atomic E-state index is 12.3. The van der Waals surface area contributed by atoms with Crippen LogP contribution in [0.4, 0.5) is 0 Å². The minimum absolute atomic E-state index is 0.0703. The Morgan fingerprint density at radius 1 is 1.18 bits per heavy atom. The molecule has 4 atom stereocenters. The molecule has 2 aliphatic carbocycles. The van der Waals surface area contributed by atoms with E-state index in [4.69, 9.17) is 4.74 Å². The van der Waals surface area contributed by atoms with Crippen LogP contribution in [0.2, 0.25) is 0 Å². The molecule has 6 heteroatoms. The van der Waals surface area contributed by atoms with Gasteiger partial charge in [0.1, 0.15) is 6.61 Å². The second kappa shape index (κ2) is 7.30. The molecule has 0 N–H and O–H groups in total. The van der Waals surface area contributed by atoms with E-state index in [0.29, 0.717) is 12.3 Å². The van der Waals surface area contributed by atoms with Crippen LogP contribution >= 0.6 is 0 Å². The number of ether oxygens (including phenoxy) is 1. The fourth-order valence-electron chi connectivity index (χ4n) is 3.85. The summed E-state index contributed by atoms with van der Waals surface area (Å²) in [6, 6.07) is -0.198. The van der Waals surface area contributed by atoms with Gasteiger partial charge in [-0.15, -0.1) is 0 Å². The lowest BCUT2D eigenvalue weighted by Gasteiger charge is -2.31. The predicted octanol–water partition coefficient (Wildman–Crippen LogP) is 2.01. The number of likely N-dealkylation sites (N-methyl/N-ethyl adjacent to an activating group) is 1. The number of carbonyl (C=O) groups excluding carboxylic acids is 1. The van der Waals surface area contributed by atoms with Crippen LogP contribution in [0.25, 0.3) is 0 Å². The third-order valence-electron chi connectivity index (χ3n) is 5.19. The molecule has 0 radical (unpaired) electrons. The Morgan fingerprint density at radius 3 is 2.50 bits per heavy atom. The molecular weight excluding hydrogens is 302 g/mol. The molecule has 22 heavy (non-hydrogen) atoms. The summed E-state index contributed by atoms with van der Waals surface area (Å²) in [5.74, 6) is 0.565. The number of nitrogens with zero attached hydrogens (tertiary/aromatic N) is 1. The molecule has 2 fully saturated rings. The third kappa shape index (κ3) is 4.44. The van der Waals surface area contributed by atoms with Crippen LogP contribution in [0, 0.1) is 5.92 Å². The summed E-state index contributed by atoms with van der Waals surface area (Å²) in [6.45, 7) is 2.29. The first-order valence-electron chi connectivity index (χ1n) is 8.35. The number of carbonyl (C=O) groups is 1. The average molecular weight is 331 g/mol. The highest BCUT2D eigenvalue weighted by atomic mass is 32.2. The first-order chi connectivity index (χ1) is 10.3. The van der Waals surface area contributed by atoms with Gasteiger partial charge in [-0.3, -0.25) is 4.79 Å². The molecule has 1 amide bonds. The Hall–Kier alpha value is -0.620. The minimum Gasteiger partial charge on any atom is -0.368 e. The second-order valence-corrected chi connectivity index (χ2v) is 9.34. The van der Waals surface area contributed by atoms with Gasteiger partial charge >= 0.3 is 0 Å². The van der Waals surface area contributed by atoms with E-state index in [2.05, 4.69) is 6.92 Å². The van der Waals surface area contributed by atoms with Gasteiger partial charge in [0.25, 0.3) is 0 Å². The lowest BCUT2D eigenvalue weighted by Crippen LogP contribution is -2.46. The van der Waals surface area contributed by atoms with E-state index in [9.17, 15) is 13.2 Å². The standard InChI is InChI=1S/C16H29NO4S/c1-12-6-4-7-13(10-12)21-11-16(18)17(2)14-8-5-9-15(14)22(3,19)20/h12-15H,4-11H2,1-3H3/t12-,13+,14+,15+/m1/s1. The first kappa shape index (κ1) is 17.7. The van der Waals surface area contributed by atoms with Crippen molar-refractivity contribution in [2.45, 2.75) is 69.3 Å². The molecule has 0 aromatic carbocycles. The predicted molar refractivity (Wildman–Crippen MR) is 86.4 cm³/mol. The van der Waals surface area contributed by atoms with Gasteiger partial charge in [-0.25, -0.2) is 8.42 Å². The van der Waals surface area contributed by atoms with E-state index < -0.39 is 15.1 Å². The molecule has 0 saturated heterocycles. The van der Waals surface area contributed by atoms with Crippen LogP contribution < -0.4 is 0 Å². The lowest BCUT2D eigenvalue weighted by atomic mass is 9.89. The van der Waals surface area contributed by atoms with Crippen LogP contribution in [-0.2, 0) is 19.4 Å². The summed E-state index contributed by atoms with van der Waals surface area (Å²) in [4.78, 5) is 13.9. The third-order valence-corrected chi connectivity index (χ3v) is 6.84. The van der Waals surface area contributed by atoms with Gasteiger partial charge in [-0.2, -0.15) is 0 Å². The maximum absolute atomic E-state index is 12.3. The van der Waals surface area contributed by atoms with Gasteiger partial charge in [0.2, 0.25) is 5.91 Å². The van der Waals surface area contributed by atoms with Crippen LogP contribution in [-0.4, -0.2) is 56.5 Å². The molecule has 128 valence electrons. The fourth-order valence-corrected chi connectivity index (χ4v) is 5.34. The minimum atomic E-state index is -3.11. The normalized spacial score (nSPS) is 32.9. The molecule has 0 aliphatic heterocycles. The highest BCUT2D eigenvalue weighted by Gasteiger charge is 2.38. The van der Waals surface area contributed by atoms with Gasteiger partial charge in [0.05, 0.1) is 11.4 Å².